The van der Waals surface area contributed by atoms with Crippen LogP contribution in [0.15, 0.2) is 0 Å². The van der Waals surface area contributed by atoms with Crippen molar-refractivity contribution in [3.63, 3.8) is 0 Å². The molecular weight excluding hydrogens is 268 g/mol. The second-order valence-electron chi connectivity index (χ2n) is 7.63. The van der Waals surface area contributed by atoms with Crippen LogP contribution in [-0.4, -0.2) is 29.6 Å². The summed E-state index contributed by atoms with van der Waals surface area (Å²) in [6.07, 6.45) is 1.96. The lowest BCUT2D eigenvalue weighted by Gasteiger charge is -2.23. The van der Waals surface area contributed by atoms with Gasteiger partial charge in [-0.1, -0.05) is 34.6 Å². The van der Waals surface area contributed by atoms with Gasteiger partial charge in [-0.2, -0.15) is 0 Å². The SMILES string of the molecule is CC(C)C[C@H](CNC(=O)CC(N)CC(C)(C)C)CC(=O)O. The number of carbonyl (C=O) groups is 2. The van der Waals surface area contributed by atoms with E-state index in [1.807, 2.05) is 0 Å². The second kappa shape index (κ2) is 9.03. The van der Waals surface area contributed by atoms with E-state index >= 15 is 0 Å². The molecule has 4 N–H and O–H groups in total. The summed E-state index contributed by atoms with van der Waals surface area (Å²) in [6.45, 7) is 10.8. The molecule has 0 aliphatic carbocycles. The molecule has 5 nitrogen and oxygen atoms in total. The summed E-state index contributed by atoms with van der Waals surface area (Å²) >= 11 is 0. The van der Waals surface area contributed by atoms with Crippen molar-refractivity contribution in [2.45, 2.75) is 66.3 Å². The molecule has 1 unspecified atom stereocenters. The summed E-state index contributed by atoms with van der Waals surface area (Å²) in [5.74, 6) is -0.523. The Morgan fingerprint density at radius 2 is 1.76 bits per heavy atom. The van der Waals surface area contributed by atoms with Gasteiger partial charge in [0.25, 0.3) is 0 Å². The van der Waals surface area contributed by atoms with E-state index in [2.05, 4.69) is 39.9 Å². The molecule has 0 radical (unpaired) electrons. The van der Waals surface area contributed by atoms with E-state index in [1.54, 1.807) is 0 Å². The van der Waals surface area contributed by atoms with Crippen molar-refractivity contribution in [1.29, 1.82) is 0 Å². The van der Waals surface area contributed by atoms with Crippen LogP contribution in [0.1, 0.15) is 60.3 Å². The molecule has 0 aliphatic heterocycles. The van der Waals surface area contributed by atoms with E-state index in [0.29, 0.717) is 18.9 Å². The highest BCUT2D eigenvalue weighted by Crippen LogP contribution is 2.21. The number of carbonyl (C=O) groups excluding carboxylic acids is 1. The highest BCUT2D eigenvalue weighted by molar-refractivity contribution is 5.76. The van der Waals surface area contributed by atoms with E-state index in [1.165, 1.54) is 0 Å². The van der Waals surface area contributed by atoms with Crippen LogP contribution in [0.3, 0.4) is 0 Å². The first kappa shape index (κ1) is 19.9. The van der Waals surface area contributed by atoms with Crippen LogP contribution in [0.4, 0.5) is 0 Å². The van der Waals surface area contributed by atoms with Crippen molar-refractivity contribution in [1.82, 2.24) is 5.32 Å². The van der Waals surface area contributed by atoms with Gasteiger partial charge in [0.05, 0.1) is 0 Å². The van der Waals surface area contributed by atoms with Gasteiger partial charge in [-0.25, -0.2) is 0 Å². The molecular formula is C16H32N2O3. The van der Waals surface area contributed by atoms with Crippen LogP contribution in [0.25, 0.3) is 0 Å². The summed E-state index contributed by atoms with van der Waals surface area (Å²) in [5, 5.41) is 11.7. The Bertz CT molecular complexity index is 335. The van der Waals surface area contributed by atoms with Gasteiger partial charge in [-0.15, -0.1) is 0 Å². The molecule has 2 atom stereocenters. The topological polar surface area (TPSA) is 92.4 Å². The number of nitrogens with one attached hydrogen (secondary N) is 1. The molecule has 5 heteroatoms. The van der Waals surface area contributed by atoms with Gasteiger partial charge in [-0.05, 0) is 30.1 Å². The van der Waals surface area contributed by atoms with Crippen LogP contribution in [0.2, 0.25) is 0 Å². The number of nitrogens with two attached hydrogens (primary N) is 1. The normalized spacial score (nSPS) is 14.8. The van der Waals surface area contributed by atoms with Gasteiger partial charge in [0, 0.05) is 25.4 Å². The lowest BCUT2D eigenvalue weighted by molar-refractivity contribution is -0.138. The minimum Gasteiger partial charge on any atom is -0.481 e. The Hall–Kier alpha value is -1.10. The van der Waals surface area contributed by atoms with Gasteiger partial charge in [0.15, 0.2) is 0 Å². The lowest BCUT2D eigenvalue weighted by atomic mass is 9.87. The quantitative estimate of drug-likeness (QED) is 0.609. The maximum absolute atomic E-state index is 11.9. The lowest BCUT2D eigenvalue weighted by Crippen LogP contribution is -2.36. The standard InChI is InChI=1S/C16H32N2O3/c1-11(2)6-12(7-15(20)21)10-18-14(19)8-13(17)9-16(3,4)5/h11-13H,6-10,17H2,1-5H3,(H,18,19)(H,20,21)/t12-,13?/m0/s1. The maximum atomic E-state index is 11.9. The van der Waals surface area contributed by atoms with Gasteiger partial charge in [0.1, 0.15) is 0 Å². The zero-order valence-electron chi connectivity index (χ0n) is 14.1. The zero-order valence-corrected chi connectivity index (χ0v) is 14.1. The van der Waals surface area contributed by atoms with Crippen molar-refractivity contribution in [3.05, 3.63) is 0 Å². The molecule has 0 aromatic rings. The number of hydrogen-bond donors (Lipinski definition) is 3. The van der Waals surface area contributed by atoms with Crippen LogP contribution in [0, 0.1) is 17.3 Å². The summed E-state index contributed by atoms with van der Waals surface area (Å²) in [7, 11) is 0. The summed E-state index contributed by atoms with van der Waals surface area (Å²) in [5.41, 5.74) is 6.07. The monoisotopic (exact) mass is 300 g/mol. The second-order valence-corrected chi connectivity index (χ2v) is 7.63. The zero-order chi connectivity index (χ0) is 16.6. The fourth-order valence-corrected chi connectivity index (χ4v) is 2.58. The Morgan fingerprint density at radius 1 is 1.19 bits per heavy atom. The molecule has 1 amide bonds. The predicted molar refractivity (Wildman–Crippen MR) is 84.9 cm³/mol. The van der Waals surface area contributed by atoms with Crippen LogP contribution >= 0.6 is 0 Å². The highest BCUT2D eigenvalue weighted by Gasteiger charge is 2.20. The molecule has 0 heterocycles. The first-order chi connectivity index (χ1) is 9.49. The fourth-order valence-electron chi connectivity index (χ4n) is 2.58. The summed E-state index contributed by atoms with van der Waals surface area (Å²) in [4.78, 5) is 22.7. The Labute approximate surface area is 128 Å². The Kier molecular flexibility index (Phi) is 8.55. The Balaban J connectivity index is 4.20. The molecule has 124 valence electrons. The van der Waals surface area contributed by atoms with Gasteiger partial charge in [-0.3, -0.25) is 9.59 Å². The first-order valence-electron chi connectivity index (χ1n) is 7.73. The van der Waals surface area contributed by atoms with Crippen molar-refractivity contribution < 1.29 is 14.7 Å². The van der Waals surface area contributed by atoms with Crippen LogP contribution < -0.4 is 11.1 Å². The van der Waals surface area contributed by atoms with Crippen LogP contribution in [0.5, 0.6) is 0 Å². The third-order valence-corrected chi connectivity index (χ3v) is 3.18. The molecule has 0 fully saturated rings. The van der Waals surface area contributed by atoms with E-state index in [4.69, 9.17) is 10.8 Å². The van der Waals surface area contributed by atoms with Crippen molar-refractivity contribution in [3.8, 4) is 0 Å². The van der Waals surface area contributed by atoms with E-state index < -0.39 is 5.97 Å². The fraction of sp³-hybridized carbons (Fsp3) is 0.875. The number of amides is 1. The van der Waals surface area contributed by atoms with Crippen LogP contribution in [-0.2, 0) is 9.59 Å². The third kappa shape index (κ3) is 12.4. The number of carboxylic acid groups (broad SMARTS) is 1. The average molecular weight is 300 g/mol. The molecule has 0 aromatic carbocycles. The van der Waals surface area contributed by atoms with Gasteiger partial charge >= 0.3 is 5.97 Å². The Morgan fingerprint density at radius 3 is 2.19 bits per heavy atom. The largest absolute Gasteiger partial charge is 0.481 e. The molecule has 0 saturated carbocycles. The molecule has 0 aliphatic rings. The van der Waals surface area contributed by atoms with Gasteiger partial charge in [0.2, 0.25) is 5.91 Å². The molecule has 0 saturated heterocycles. The minimum atomic E-state index is -0.820. The van der Waals surface area contributed by atoms with E-state index in [9.17, 15) is 9.59 Å². The highest BCUT2D eigenvalue weighted by atomic mass is 16.4. The van der Waals surface area contributed by atoms with Crippen molar-refractivity contribution in [2.75, 3.05) is 6.54 Å². The number of carboxylic acids is 1. The average Bonchev–Trinajstić information content (AvgIpc) is 2.21. The summed E-state index contributed by atoms with van der Waals surface area (Å²) < 4.78 is 0. The number of aliphatic carboxylic acids is 1. The molecule has 0 rings (SSSR count). The molecule has 0 bridgehead atoms. The molecule has 21 heavy (non-hydrogen) atoms. The third-order valence-electron chi connectivity index (χ3n) is 3.18. The molecule has 0 aromatic heterocycles. The summed E-state index contributed by atoms with van der Waals surface area (Å²) in [6, 6.07) is -0.159. The number of rotatable bonds is 9. The van der Waals surface area contributed by atoms with Gasteiger partial charge < -0.3 is 16.2 Å². The van der Waals surface area contributed by atoms with E-state index in [0.717, 1.165) is 12.8 Å². The van der Waals surface area contributed by atoms with E-state index in [-0.39, 0.29) is 29.7 Å². The smallest absolute Gasteiger partial charge is 0.303 e. The first-order valence-corrected chi connectivity index (χ1v) is 7.73. The van der Waals surface area contributed by atoms with Crippen molar-refractivity contribution in [2.24, 2.45) is 23.0 Å². The number of hydrogen-bond acceptors (Lipinski definition) is 3. The minimum absolute atomic E-state index is 0.0229. The maximum Gasteiger partial charge on any atom is 0.303 e. The predicted octanol–water partition coefficient (Wildman–Crippen LogP) is 2.39. The van der Waals surface area contributed by atoms with Crippen molar-refractivity contribution >= 4 is 11.9 Å². The molecule has 0 spiro atoms.